The third kappa shape index (κ3) is 7.05. The number of carbonyl (C=O) groups is 1. The Bertz CT molecular complexity index is 1760. The third-order valence-electron chi connectivity index (χ3n) is 4.52. The van der Waals surface area contributed by atoms with Gasteiger partial charge < -0.3 is 19.5 Å². The number of aromatic hydroxyl groups is 1. The SMILES string of the molecule is O=C(Nc1cccc2c(S(=O)(=O)[O-])c(S(=O)(=O)[O-])cc(O)c12)c1ccc([N+](=O)[O-])cc1S(=O)(=O)O.[Na+].[Na+]. The van der Waals surface area contributed by atoms with Crippen LogP contribution < -0.4 is 64.4 Å². The minimum Gasteiger partial charge on any atom is -0.744 e. The van der Waals surface area contributed by atoms with Crippen molar-refractivity contribution in [1.82, 2.24) is 0 Å². The van der Waals surface area contributed by atoms with Crippen molar-refractivity contribution in [2.45, 2.75) is 14.7 Å². The Balaban J connectivity index is 0.00000342. The molecule has 0 spiro atoms. The Labute approximate surface area is 252 Å². The summed E-state index contributed by atoms with van der Waals surface area (Å²) in [6.07, 6.45) is 0. The van der Waals surface area contributed by atoms with Crippen molar-refractivity contribution >= 4 is 58.4 Å². The van der Waals surface area contributed by atoms with Crippen LogP contribution in [0.3, 0.4) is 0 Å². The molecule has 3 N–H and O–H groups in total. The summed E-state index contributed by atoms with van der Waals surface area (Å²) in [6, 6.07) is 4.94. The van der Waals surface area contributed by atoms with Crippen molar-refractivity contribution in [2.24, 2.45) is 0 Å². The molecule has 0 bridgehead atoms. The van der Waals surface area contributed by atoms with E-state index in [1.165, 1.54) is 0 Å². The van der Waals surface area contributed by atoms with E-state index in [2.05, 4.69) is 5.32 Å². The summed E-state index contributed by atoms with van der Waals surface area (Å²) < 4.78 is 102. The fourth-order valence-corrected chi connectivity index (χ4v) is 5.83. The van der Waals surface area contributed by atoms with Crippen LogP contribution in [0.25, 0.3) is 10.8 Å². The molecular formula is C17H10N2Na2O13S3. The van der Waals surface area contributed by atoms with E-state index in [1.807, 2.05) is 0 Å². The van der Waals surface area contributed by atoms with Gasteiger partial charge in [0, 0.05) is 22.9 Å². The Kier molecular flexibility index (Phi) is 10.5. The van der Waals surface area contributed by atoms with E-state index in [-0.39, 0.29) is 65.2 Å². The molecule has 20 heteroatoms. The fourth-order valence-electron chi connectivity index (χ4n) is 3.18. The quantitative estimate of drug-likeness (QED) is 0.105. The third-order valence-corrected chi connectivity index (χ3v) is 7.35. The maximum Gasteiger partial charge on any atom is 1.00 e. The molecule has 0 fully saturated rings. The minimum absolute atomic E-state index is 0. The van der Waals surface area contributed by atoms with Crippen molar-refractivity contribution in [1.29, 1.82) is 0 Å². The first-order chi connectivity index (χ1) is 15.9. The van der Waals surface area contributed by atoms with Gasteiger partial charge in [-0.05, 0) is 18.2 Å². The summed E-state index contributed by atoms with van der Waals surface area (Å²) in [5.41, 5.74) is -2.07. The number of hydrogen-bond donors (Lipinski definition) is 3. The zero-order chi connectivity index (χ0) is 26.5. The molecule has 3 rings (SSSR count). The molecule has 0 atom stereocenters. The second-order valence-electron chi connectivity index (χ2n) is 6.73. The number of nitro benzene ring substituents is 1. The number of phenols is 1. The molecule has 3 aromatic rings. The summed E-state index contributed by atoms with van der Waals surface area (Å²) in [6.45, 7) is 0. The smallest absolute Gasteiger partial charge is 0.744 e. The van der Waals surface area contributed by atoms with Crippen LogP contribution in [0, 0.1) is 10.1 Å². The number of non-ortho nitro benzene ring substituents is 1. The van der Waals surface area contributed by atoms with Crippen LogP contribution in [0.15, 0.2) is 57.2 Å². The predicted octanol–water partition coefficient (Wildman–Crippen LogP) is -5.23. The fraction of sp³-hybridized carbons (Fsp3) is 0. The van der Waals surface area contributed by atoms with E-state index >= 15 is 0 Å². The van der Waals surface area contributed by atoms with Crippen LogP contribution in [-0.2, 0) is 30.4 Å². The molecule has 1 amide bonds. The average Bonchev–Trinajstić information content (AvgIpc) is 2.70. The van der Waals surface area contributed by atoms with E-state index in [4.69, 9.17) is 0 Å². The number of nitrogens with one attached hydrogen (secondary N) is 1. The van der Waals surface area contributed by atoms with Gasteiger partial charge in [-0.25, -0.2) is 16.8 Å². The predicted molar refractivity (Wildman–Crippen MR) is 112 cm³/mol. The number of phenolic OH excluding ortho intramolecular Hbond substituents is 1. The van der Waals surface area contributed by atoms with Gasteiger partial charge in [-0.1, -0.05) is 12.1 Å². The van der Waals surface area contributed by atoms with Crippen LogP contribution in [0.1, 0.15) is 10.4 Å². The van der Waals surface area contributed by atoms with E-state index < -0.39 is 89.3 Å². The topological polar surface area (TPSA) is 261 Å². The summed E-state index contributed by atoms with van der Waals surface area (Å²) in [7, 11) is -16.4. The minimum atomic E-state index is -5.63. The Morgan fingerprint density at radius 1 is 0.892 bits per heavy atom. The molecule has 0 aromatic heterocycles. The number of nitro groups is 1. The zero-order valence-electron chi connectivity index (χ0n) is 18.6. The molecular weight excluding hydrogens is 582 g/mol. The summed E-state index contributed by atoms with van der Waals surface area (Å²) in [5, 5.41) is 21.9. The Hall–Kier alpha value is -1.68. The number of fused-ring (bicyclic) bond motifs is 1. The first-order valence-electron chi connectivity index (χ1n) is 8.70. The number of nitrogens with zero attached hydrogens (tertiary/aromatic N) is 1. The first-order valence-corrected chi connectivity index (χ1v) is 13.0. The number of hydrogen-bond acceptors (Lipinski definition) is 12. The maximum absolute atomic E-state index is 12.8. The van der Waals surface area contributed by atoms with Gasteiger partial charge >= 0.3 is 59.1 Å². The van der Waals surface area contributed by atoms with Gasteiger partial charge in [-0.2, -0.15) is 8.42 Å². The van der Waals surface area contributed by atoms with Gasteiger partial charge in [-0.15, -0.1) is 0 Å². The van der Waals surface area contributed by atoms with Gasteiger partial charge in [0.25, 0.3) is 21.7 Å². The molecule has 186 valence electrons. The van der Waals surface area contributed by atoms with Crippen molar-refractivity contribution in [3.05, 3.63) is 58.1 Å². The molecule has 37 heavy (non-hydrogen) atoms. The van der Waals surface area contributed by atoms with Crippen LogP contribution in [0.5, 0.6) is 5.75 Å². The molecule has 15 nitrogen and oxygen atoms in total. The van der Waals surface area contributed by atoms with Crippen LogP contribution >= 0.6 is 0 Å². The molecule has 3 aromatic carbocycles. The van der Waals surface area contributed by atoms with Crippen LogP contribution in [0.4, 0.5) is 11.4 Å². The maximum atomic E-state index is 12.8. The van der Waals surface area contributed by atoms with E-state index in [9.17, 15) is 58.9 Å². The normalized spacial score (nSPS) is 11.8. The van der Waals surface area contributed by atoms with E-state index in [0.717, 1.165) is 24.3 Å². The standard InChI is InChI=1S/C17H12N2O13S3.2Na/c20-12-7-14(34(27,28)29)16(35(30,31)32)10-2-1-3-11(15(10)12)18-17(21)9-5-4-8(19(22)23)6-13(9)33(24,25)26;;/h1-7,20H,(H,18,21)(H,24,25,26)(H,27,28,29)(H,30,31,32);;/q;2*+1/p-2. The summed E-state index contributed by atoms with van der Waals surface area (Å²) in [5.74, 6) is -2.37. The molecule has 0 radical (unpaired) electrons. The monoisotopic (exact) mass is 592 g/mol. The van der Waals surface area contributed by atoms with Crippen molar-refractivity contribution in [3.8, 4) is 5.75 Å². The first kappa shape index (κ1) is 33.3. The zero-order valence-corrected chi connectivity index (χ0v) is 25.0. The molecule has 0 aliphatic heterocycles. The number of anilines is 1. The van der Waals surface area contributed by atoms with Gasteiger partial charge in [0.15, 0.2) is 0 Å². The van der Waals surface area contributed by atoms with E-state index in [1.54, 1.807) is 0 Å². The second-order valence-corrected chi connectivity index (χ2v) is 10.8. The summed E-state index contributed by atoms with van der Waals surface area (Å²) in [4.78, 5) is 18.5. The molecule has 0 saturated heterocycles. The van der Waals surface area contributed by atoms with Crippen molar-refractivity contribution in [3.63, 3.8) is 0 Å². The van der Waals surface area contributed by atoms with E-state index in [0.29, 0.717) is 12.1 Å². The van der Waals surface area contributed by atoms with Gasteiger partial charge in [-0.3, -0.25) is 19.5 Å². The Morgan fingerprint density at radius 2 is 1.49 bits per heavy atom. The van der Waals surface area contributed by atoms with Crippen molar-refractivity contribution < 1.29 is 113 Å². The number of rotatable bonds is 6. The molecule has 0 aliphatic carbocycles. The largest absolute Gasteiger partial charge is 1.00 e. The van der Waals surface area contributed by atoms with Crippen molar-refractivity contribution in [2.75, 3.05) is 5.32 Å². The van der Waals surface area contributed by atoms with Crippen LogP contribution in [0.2, 0.25) is 0 Å². The van der Waals surface area contributed by atoms with Crippen LogP contribution in [-0.4, -0.2) is 54.8 Å². The summed E-state index contributed by atoms with van der Waals surface area (Å²) >= 11 is 0. The number of amides is 1. The molecule has 0 heterocycles. The second kappa shape index (κ2) is 11.6. The van der Waals surface area contributed by atoms with Gasteiger partial charge in [0.1, 0.15) is 30.9 Å². The Morgan fingerprint density at radius 3 is 1.97 bits per heavy atom. The number of benzene rings is 3. The number of carbonyl (C=O) groups excluding carboxylic acids is 1. The van der Waals surface area contributed by atoms with Gasteiger partial charge in [0.2, 0.25) is 0 Å². The molecule has 0 aliphatic rings. The molecule has 0 unspecified atom stereocenters. The van der Waals surface area contributed by atoms with Gasteiger partial charge in [0.05, 0.1) is 26.0 Å². The average molecular weight is 592 g/mol. The molecule has 0 saturated carbocycles.